The molecular weight excluding hydrogens is 335 g/mol. The van der Waals surface area contributed by atoms with Crippen molar-refractivity contribution in [2.45, 2.75) is 19.4 Å². The molecule has 1 aromatic heterocycles. The zero-order chi connectivity index (χ0) is 15.2. The van der Waals surface area contributed by atoms with E-state index in [1.165, 1.54) is 0 Å². The van der Waals surface area contributed by atoms with Crippen LogP contribution in [-0.4, -0.2) is 18.6 Å². The largest absolute Gasteiger partial charge is 0.481 e. The average molecular weight is 353 g/mol. The van der Waals surface area contributed by atoms with Gasteiger partial charge in [0.1, 0.15) is 5.82 Å². The van der Waals surface area contributed by atoms with Crippen LogP contribution in [0.1, 0.15) is 24.1 Å². The van der Waals surface area contributed by atoms with Gasteiger partial charge in [-0.1, -0.05) is 25.1 Å². The van der Waals surface area contributed by atoms with Crippen LogP contribution in [0.15, 0.2) is 41.0 Å². The highest BCUT2D eigenvalue weighted by Gasteiger charge is 2.17. The summed E-state index contributed by atoms with van der Waals surface area (Å²) < 4.78 is 19.8. The van der Waals surface area contributed by atoms with Crippen LogP contribution in [-0.2, 0) is 6.42 Å². The monoisotopic (exact) mass is 352 g/mol. The van der Waals surface area contributed by atoms with Gasteiger partial charge in [0, 0.05) is 23.9 Å². The lowest BCUT2D eigenvalue weighted by Crippen LogP contribution is -2.24. The molecule has 0 spiro atoms. The minimum absolute atomic E-state index is 0.0947. The molecule has 0 fully saturated rings. The number of rotatable bonds is 6. The molecule has 1 heterocycles. The van der Waals surface area contributed by atoms with Crippen molar-refractivity contribution in [2.24, 2.45) is 0 Å². The number of nitrogens with one attached hydrogen (secondary N) is 1. The third-order valence-electron chi connectivity index (χ3n) is 3.25. The molecule has 0 saturated carbocycles. The first-order chi connectivity index (χ1) is 10.2. The Hall–Kier alpha value is -1.46. The Morgan fingerprint density at radius 2 is 2.14 bits per heavy atom. The molecule has 3 nitrogen and oxygen atoms in total. The summed E-state index contributed by atoms with van der Waals surface area (Å²) >= 11 is 3.24. The molecule has 2 rings (SSSR count). The third-order valence-corrected chi connectivity index (χ3v) is 3.87. The fourth-order valence-corrected chi connectivity index (χ4v) is 2.60. The van der Waals surface area contributed by atoms with Gasteiger partial charge in [0.15, 0.2) is 0 Å². The third kappa shape index (κ3) is 4.02. The summed E-state index contributed by atoms with van der Waals surface area (Å²) in [4.78, 5) is 4.19. The summed E-state index contributed by atoms with van der Waals surface area (Å²) in [5.41, 5.74) is 1.68. The van der Waals surface area contributed by atoms with Crippen molar-refractivity contribution in [3.05, 3.63) is 57.9 Å². The van der Waals surface area contributed by atoms with Crippen LogP contribution in [0.2, 0.25) is 0 Å². The maximum Gasteiger partial charge on any atom is 0.212 e. The van der Waals surface area contributed by atoms with Crippen LogP contribution < -0.4 is 10.1 Å². The van der Waals surface area contributed by atoms with Crippen molar-refractivity contribution >= 4 is 15.9 Å². The Balaban J connectivity index is 2.24. The van der Waals surface area contributed by atoms with Crippen molar-refractivity contribution < 1.29 is 9.13 Å². The second-order valence-corrected chi connectivity index (χ2v) is 5.52. The van der Waals surface area contributed by atoms with Crippen LogP contribution in [0.4, 0.5) is 4.39 Å². The van der Waals surface area contributed by atoms with Crippen LogP contribution >= 0.6 is 15.9 Å². The Kier molecular flexibility index (Phi) is 5.70. The molecule has 1 unspecified atom stereocenters. The normalized spacial score (nSPS) is 12.2. The number of hydrogen-bond acceptors (Lipinski definition) is 3. The van der Waals surface area contributed by atoms with E-state index in [1.807, 2.05) is 31.2 Å². The molecule has 5 heteroatoms. The molecular formula is C16H18BrFN2O. The first-order valence-corrected chi connectivity index (χ1v) is 7.61. The molecule has 0 aliphatic heterocycles. The van der Waals surface area contributed by atoms with Gasteiger partial charge in [-0.3, -0.25) is 0 Å². The number of benzene rings is 1. The molecule has 0 aliphatic rings. The minimum atomic E-state index is -0.218. The van der Waals surface area contributed by atoms with Gasteiger partial charge in [0.2, 0.25) is 5.88 Å². The molecule has 0 bridgehead atoms. The summed E-state index contributed by atoms with van der Waals surface area (Å²) in [6.45, 7) is 2.77. The van der Waals surface area contributed by atoms with E-state index < -0.39 is 0 Å². The summed E-state index contributed by atoms with van der Waals surface area (Å²) in [7, 11) is 1.58. The van der Waals surface area contributed by atoms with E-state index in [4.69, 9.17) is 4.74 Å². The molecule has 0 saturated heterocycles. The van der Waals surface area contributed by atoms with Gasteiger partial charge in [-0.15, -0.1) is 0 Å². The Morgan fingerprint density at radius 3 is 2.76 bits per heavy atom. The first kappa shape index (κ1) is 15.9. The van der Waals surface area contributed by atoms with E-state index in [0.29, 0.717) is 22.3 Å². The number of ether oxygens (including phenoxy) is 1. The Labute approximate surface area is 132 Å². The molecule has 1 atom stereocenters. The van der Waals surface area contributed by atoms with E-state index >= 15 is 0 Å². The first-order valence-electron chi connectivity index (χ1n) is 6.82. The van der Waals surface area contributed by atoms with Crippen molar-refractivity contribution in [2.75, 3.05) is 13.7 Å². The van der Waals surface area contributed by atoms with Crippen molar-refractivity contribution in [3.63, 3.8) is 0 Å². The van der Waals surface area contributed by atoms with E-state index in [0.717, 1.165) is 12.1 Å². The summed E-state index contributed by atoms with van der Waals surface area (Å²) in [5, 5.41) is 3.32. The van der Waals surface area contributed by atoms with Crippen LogP contribution in [0.3, 0.4) is 0 Å². The van der Waals surface area contributed by atoms with Crippen LogP contribution in [0, 0.1) is 5.82 Å². The molecule has 0 amide bonds. The number of pyridine rings is 1. The predicted octanol–water partition coefficient (Wildman–Crippen LogP) is 3.89. The lowest BCUT2D eigenvalue weighted by Gasteiger charge is -2.19. The Morgan fingerprint density at radius 1 is 1.33 bits per heavy atom. The number of nitrogens with zero attached hydrogens (tertiary/aromatic N) is 1. The van der Waals surface area contributed by atoms with E-state index in [1.54, 1.807) is 19.4 Å². The summed E-state index contributed by atoms with van der Waals surface area (Å²) in [5.74, 6) is 0.359. The molecule has 2 aromatic rings. The van der Waals surface area contributed by atoms with E-state index in [-0.39, 0.29) is 11.9 Å². The zero-order valence-corrected chi connectivity index (χ0v) is 13.7. The van der Waals surface area contributed by atoms with E-state index in [2.05, 4.69) is 26.2 Å². The number of methoxy groups -OCH3 is 1. The van der Waals surface area contributed by atoms with Gasteiger partial charge in [-0.2, -0.15) is 0 Å². The molecule has 0 aliphatic carbocycles. The zero-order valence-electron chi connectivity index (χ0n) is 12.1. The second-order valence-electron chi connectivity index (χ2n) is 4.67. The van der Waals surface area contributed by atoms with E-state index in [9.17, 15) is 4.39 Å². The number of hydrogen-bond donors (Lipinski definition) is 1. The van der Waals surface area contributed by atoms with Gasteiger partial charge in [-0.05, 0) is 40.5 Å². The number of aromatic nitrogens is 1. The molecule has 1 N–H and O–H groups in total. The van der Waals surface area contributed by atoms with Gasteiger partial charge < -0.3 is 10.1 Å². The maximum atomic E-state index is 14.3. The van der Waals surface area contributed by atoms with Crippen molar-refractivity contribution in [1.82, 2.24) is 10.3 Å². The highest BCUT2D eigenvalue weighted by atomic mass is 79.9. The van der Waals surface area contributed by atoms with Crippen molar-refractivity contribution in [1.29, 1.82) is 0 Å². The van der Waals surface area contributed by atoms with Gasteiger partial charge in [0.05, 0.1) is 11.6 Å². The molecule has 1 aromatic carbocycles. The summed E-state index contributed by atoms with van der Waals surface area (Å²) in [6, 6.07) is 9.03. The maximum absolute atomic E-state index is 14.3. The second kappa shape index (κ2) is 7.52. The lowest BCUT2D eigenvalue weighted by molar-refractivity contribution is 0.397. The summed E-state index contributed by atoms with van der Waals surface area (Å²) in [6.07, 6.45) is 2.43. The standard InChI is InChI=1S/C16H18BrFN2O/c1-3-19-14(12-5-4-6-13(17)16(12)18)9-11-7-8-15(21-2)20-10-11/h4-8,10,14,19H,3,9H2,1-2H3. The average Bonchev–Trinajstić information content (AvgIpc) is 2.50. The van der Waals surface area contributed by atoms with Gasteiger partial charge >= 0.3 is 0 Å². The minimum Gasteiger partial charge on any atom is -0.481 e. The number of halogens is 2. The Bertz CT molecular complexity index is 589. The smallest absolute Gasteiger partial charge is 0.212 e. The van der Waals surface area contributed by atoms with Crippen LogP contribution in [0.25, 0.3) is 0 Å². The fourth-order valence-electron chi connectivity index (χ4n) is 2.22. The quantitative estimate of drug-likeness (QED) is 0.856. The molecule has 112 valence electrons. The van der Waals surface area contributed by atoms with Crippen LogP contribution in [0.5, 0.6) is 5.88 Å². The topological polar surface area (TPSA) is 34.1 Å². The molecule has 21 heavy (non-hydrogen) atoms. The fraction of sp³-hybridized carbons (Fsp3) is 0.312. The SMILES string of the molecule is CCNC(Cc1ccc(OC)nc1)c1cccc(Br)c1F. The predicted molar refractivity (Wildman–Crippen MR) is 85.0 cm³/mol. The highest BCUT2D eigenvalue weighted by molar-refractivity contribution is 9.10. The highest BCUT2D eigenvalue weighted by Crippen LogP contribution is 2.26. The molecule has 0 radical (unpaired) electrons. The van der Waals surface area contributed by atoms with Crippen molar-refractivity contribution in [3.8, 4) is 5.88 Å². The lowest BCUT2D eigenvalue weighted by atomic mass is 9.99. The van der Waals surface area contributed by atoms with Gasteiger partial charge in [0.25, 0.3) is 0 Å². The number of likely N-dealkylation sites (N-methyl/N-ethyl adjacent to an activating group) is 1. The van der Waals surface area contributed by atoms with Gasteiger partial charge in [-0.25, -0.2) is 9.37 Å².